The fourth-order valence-electron chi connectivity index (χ4n) is 3.68. The third kappa shape index (κ3) is 4.47. The number of benzene rings is 1. The van der Waals surface area contributed by atoms with Crippen LogP contribution in [0.1, 0.15) is 47.9 Å². The van der Waals surface area contributed by atoms with Gasteiger partial charge in [-0.05, 0) is 55.5 Å². The Morgan fingerprint density at radius 2 is 2.12 bits per heavy atom. The minimum absolute atomic E-state index is 0.187. The van der Waals surface area contributed by atoms with Gasteiger partial charge in [-0.1, -0.05) is 11.8 Å². The molecule has 2 unspecified atom stereocenters. The number of aryl methyl sites for hydroxylation is 1. The Balaban J connectivity index is 1.55. The van der Waals surface area contributed by atoms with Gasteiger partial charge in [0.1, 0.15) is 11.9 Å². The zero-order valence-electron chi connectivity index (χ0n) is 18.8. The maximum absolute atomic E-state index is 14.1. The molecular formula is C23H23FN6O3S. The molecule has 2 aliphatic rings. The third-order valence-corrected chi connectivity index (χ3v) is 6.81. The fourth-order valence-corrected chi connectivity index (χ4v) is 4.75. The number of amides is 1. The SMILES string of the molecule is COc1cnc(C(C)F)cc1-c1cc(-c2nnc(C)o2)ccc1C(=O)NC1=NNC(C2CC2)S1. The van der Waals surface area contributed by atoms with Crippen LogP contribution in [-0.4, -0.2) is 38.7 Å². The van der Waals surface area contributed by atoms with Crippen molar-refractivity contribution >= 4 is 22.8 Å². The molecule has 0 bridgehead atoms. The molecule has 0 saturated heterocycles. The molecule has 2 atom stereocenters. The maximum Gasteiger partial charge on any atom is 0.257 e. The number of ether oxygens (including phenoxy) is 1. The molecule has 2 aromatic heterocycles. The number of amidine groups is 1. The molecule has 1 aromatic carbocycles. The molecule has 11 heteroatoms. The van der Waals surface area contributed by atoms with E-state index in [4.69, 9.17) is 9.15 Å². The van der Waals surface area contributed by atoms with Crippen molar-refractivity contribution in [1.29, 1.82) is 0 Å². The minimum Gasteiger partial charge on any atom is -0.494 e. The van der Waals surface area contributed by atoms with Crippen LogP contribution in [0.25, 0.3) is 22.6 Å². The van der Waals surface area contributed by atoms with Crippen LogP contribution < -0.4 is 15.5 Å². The molecule has 0 radical (unpaired) electrons. The standard InChI is InChI=1S/C23H23FN6O3S/c1-11(24)18-9-17(19(32-3)10-25-18)16-8-14(21-28-27-12(2)33-21)6-7-15(16)20(31)26-23-30-29-22(34-23)13-4-5-13/h6-11,13,22,29H,4-5H2,1-3H3,(H,26,30,31). The van der Waals surface area contributed by atoms with E-state index < -0.39 is 6.17 Å². The minimum atomic E-state index is -1.29. The van der Waals surface area contributed by atoms with E-state index in [1.165, 1.54) is 44.8 Å². The van der Waals surface area contributed by atoms with Gasteiger partial charge in [-0.3, -0.25) is 20.5 Å². The molecule has 176 valence electrons. The highest BCUT2D eigenvalue weighted by molar-refractivity contribution is 8.14. The first-order chi connectivity index (χ1) is 16.4. The lowest BCUT2D eigenvalue weighted by molar-refractivity contribution is 0.0978. The van der Waals surface area contributed by atoms with E-state index in [2.05, 4.69) is 31.0 Å². The van der Waals surface area contributed by atoms with Gasteiger partial charge >= 0.3 is 0 Å². The smallest absolute Gasteiger partial charge is 0.257 e. The van der Waals surface area contributed by atoms with Gasteiger partial charge in [-0.15, -0.1) is 10.2 Å². The van der Waals surface area contributed by atoms with Crippen molar-refractivity contribution in [2.24, 2.45) is 11.0 Å². The highest BCUT2D eigenvalue weighted by atomic mass is 32.2. The van der Waals surface area contributed by atoms with Crippen LogP contribution in [0.3, 0.4) is 0 Å². The molecule has 0 spiro atoms. The Bertz CT molecular complexity index is 1270. The Morgan fingerprint density at radius 3 is 2.79 bits per heavy atom. The first kappa shape index (κ1) is 22.3. The van der Waals surface area contributed by atoms with Crippen molar-refractivity contribution in [3.8, 4) is 28.3 Å². The van der Waals surface area contributed by atoms with Crippen molar-refractivity contribution in [3.63, 3.8) is 0 Å². The molecule has 5 rings (SSSR count). The Hall–Kier alpha value is -3.47. The summed E-state index contributed by atoms with van der Waals surface area (Å²) in [5.41, 5.74) is 5.33. The topological polar surface area (TPSA) is 115 Å². The Kier molecular flexibility index (Phi) is 5.94. The van der Waals surface area contributed by atoms with Gasteiger partial charge in [0.2, 0.25) is 11.8 Å². The monoisotopic (exact) mass is 482 g/mol. The summed E-state index contributed by atoms with van der Waals surface area (Å²) in [4.78, 5) is 17.5. The van der Waals surface area contributed by atoms with Crippen LogP contribution in [0.15, 0.2) is 40.0 Å². The summed E-state index contributed by atoms with van der Waals surface area (Å²) in [6.07, 6.45) is 2.49. The number of rotatable bonds is 6. The van der Waals surface area contributed by atoms with Gasteiger partial charge in [0.05, 0.1) is 24.4 Å². The molecule has 2 N–H and O–H groups in total. The van der Waals surface area contributed by atoms with Gasteiger partial charge in [-0.25, -0.2) is 4.39 Å². The zero-order chi connectivity index (χ0) is 23.8. The number of aromatic nitrogens is 3. The molecule has 1 fully saturated rings. The highest BCUT2D eigenvalue weighted by Gasteiger charge is 2.36. The second-order valence-corrected chi connectivity index (χ2v) is 9.32. The van der Waals surface area contributed by atoms with E-state index in [0.717, 1.165) is 0 Å². The van der Waals surface area contributed by atoms with Gasteiger partial charge < -0.3 is 9.15 Å². The average Bonchev–Trinajstić information content (AvgIpc) is 3.43. The molecule has 1 aliphatic heterocycles. The first-order valence-electron chi connectivity index (χ1n) is 10.9. The summed E-state index contributed by atoms with van der Waals surface area (Å²) in [5, 5.41) is 15.8. The lowest BCUT2D eigenvalue weighted by Gasteiger charge is -2.15. The number of halogens is 1. The van der Waals surface area contributed by atoms with Crippen LogP contribution in [0.5, 0.6) is 5.75 Å². The number of hydrazone groups is 1. The molecule has 1 saturated carbocycles. The van der Waals surface area contributed by atoms with E-state index in [-0.39, 0.29) is 17.0 Å². The summed E-state index contributed by atoms with van der Waals surface area (Å²) in [5.74, 6) is 1.37. The Morgan fingerprint density at radius 1 is 1.29 bits per heavy atom. The number of hydrogen-bond donors (Lipinski definition) is 2. The van der Waals surface area contributed by atoms with Crippen LogP contribution >= 0.6 is 11.8 Å². The summed E-state index contributed by atoms with van der Waals surface area (Å²) < 4.78 is 25.2. The van der Waals surface area contributed by atoms with Gasteiger partial charge in [0.25, 0.3) is 5.91 Å². The van der Waals surface area contributed by atoms with E-state index >= 15 is 0 Å². The van der Waals surface area contributed by atoms with E-state index in [0.29, 0.717) is 50.9 Å². The number of nitrogens with zero attached hydrogens (tertiary/aromatic N) is 4. The van der Waals surface area contributed by atoms with E-state index in [1.54, 1.807) is 31.2 Å². The number of alkyl halides is 1. The molecule has 9 nitrogen and oxygen atoms in total. The van der Waals surface area contributed by atoms with Gasteiger partial charge in [0, 0.05) is 23.6 Å². The van der Waals surface area contributed by atoms with Gasteiger partial charge in [-0.2, -0.15) is 5.10 Å². The predicted octanol–water partition coefficient (Wildman–Crippen LogP) is 4.22. The summed E-state index contributed by atoms with van der Waals surface area (Å²) >= 11 is 1.51. The zero-order valence-corrected chi connectivity index (χ0v) is 19.6. The summed E-state index contributed by atoms with van der Waals surface area (Å²) in [6.45, 7) is 3.10. The van der Waals surface area contributed by atoms with Crippen molar-refractivity contribution in [2.45, 2.75) is 38.2 Å². The molecular weight excluding hydrogens is 459 g/mol. The van der Waals surface area contributed by atoms with Crippen LogP contribution in [-0.2, 0) is 0 Å². The molecule has 1 amide bonds. The van der Waals surface area contributed by atoms with E-state index in [9.17, 15) is 9.18 Å². The second-order valence-electron chi connectivity index (χ2n) is 8.19. The largest absolute Gasteiger partial charge is 0.494 e. The average molecular weight is 483 g/mol. The summed E-state index contributed by atoms with van der Waals surface area (Å²) in [6, 6.07) is 6.74. The third-order valence-electron chi connectivity index (χ3n) is 5.65. The fraction of sp³-hybridized carbons (Fsp3) is 0.348. The molecule has 3 aromatic rings. The van der Waals surface area contributed by atoms with Crippen molar-refractivity contribution in [1.82, 2.24) is 25.9 Å². The highest BCUT2D eigenvalue weighted by Crippen LogP contribution is 2.40. The normalized spacial score (nSPS) is 18.2. The Labute approximate surface area is 199 Å². The van der Waals surface area contributed by atoms with E-state index in [1.807, 2.05) is 0 Å². The number of methoxy groups -OCH3 is 1. The van der Waals surface area contributed by atoms with Crippen molar-refractivity contribution in [2.75, 3.05) is 7.11 Å². The van der Waals surface area contributed by atoms with Crippen LogP contribution in [0.4, 0.5) is 4.39 Å². The molecule has 1 aliphatic carbocycles. The molecule has 34 heavy (non-hydrogen) atoms. The van der Waals surface area contributed by atoms with Gasteiger partial charge in [0.15, 0.2) is 5.17 Å². The second kappa shape index (κ2) is 9.05. The number of thioether (sulfide) groups is 1. The lowest BCUT2D eigenvalue weighted by atomic mass is 9.95. The predicted molar refractivity (Wildman–Crippen MR) is 126 cm³/mol. The summed E-state index contributed by atoms with van der Waals surface area (Å²) in [7, 11) is 1.50. The van der Waals surface area contributed by atoms with Crippen LogP contribution in [0.2, 0.25) is 0 Å². The first-order valence-corrected chi connectivity index (χ1v) is 11.7. The van der Waals surface area contributed by atoms with Crippen LogP contribution in [0, 0.1) is 12.8 Å². The van der Waals surface area contributed by atoms with Crippen molar-refractivity contribution < 1.29 is 18.3 Å². The maximum atomic E-state index is 14.1. The quantitative estimate of drug-likeness (QED) is 0.537. The molecule has 3 heterocycles. The number of carbonyl (C=O) groups is 1. The number of hydrogen-bond acceptors (Lipinski definition) is 9. The number of carbonyl (C=O) groups excluding carboxylic acids is 1. The lowest BCUT2D eigenvalue weighted by Crippen LogP contribution is -2.28. The number of pyridine rings is 1. The number of nitrogens with one attached hydrogen (secondary N) is 2. The van der Waals surface area contributed by atoms with Crippen molar-refractivity contribution in [3.05, 3.63) is 47.6 Å².